The lowest BCUT2D eigenvalue weighted by molar-refractivity contribution is -0.121. The average Bonchev–Trinajstić information content (AvgIpc) is 2.84. The van der Waals surface area contributed by atoms with Crippen molar-refractivity contribution in [1.82, 2.24) is 9.80 Å². The quantitative estimate of drug-likeness (QED) is 0.752. The summed E-state index contributed by atoms with van der Waals surface area (Å²) in [6, 6.07) is 11.3. The van der Waals surface area contributed by atoms with Gasteiger partial charge in [-0.05, 0) is 63.4 Å². The zero-order valence-corrected chi connectivity index (χ0v) is 20.2. The lowest BCUT2D eigenvalue weighted by Crippen LogP contribution is -2.44. The van der Waals surface area contributed by atoms with Gasteiger partial charge in [-0.15, -0.1) is 0 Å². The number of morpholine rings is 1. The van der Waals surface area contributed by atoms with Gasteiger partial charge in [0, 0.05) is 43.0 Å². The first-order chi connectivity index (χ1) is 16.3. The summed E-state index contributed by atoms with van der Waals surface area (Å²) in [4.78, 5) is 42.8. The van der Waals surface area contributed by atoms with E-state index in [-0.39, 0.29) is 23.6 Å². The summed E-state index contributed by atoms with van der Waals surface area (Å²) in [6.07, 6.45) is 1.51. The first-order valence-electron chi connectivity index (χ1n) is 12.0. The summed E-state index contributed by atoms with van der Waals surface area (Å²) >= 11 is 0. The topological polar surface area (TPSA) is 79.0 Å². The maximum atomic E-state index is 13.2. The molecule has 0 bridgehead atoms. The Morgan fingerprint density at radius 1 is 0.912 bits per heavy atom. The molecule has 2 aliphatic rings. The first-order valence-corrected chi connectivity index (χ1v) is 12.0. The SMILES string of the molecule is Cc1cc(C)cc(C(=O)N2CCCC(C(=O)Nc3cccc(C(=O)N4CCOCC4)c3C)C2)c1. The molecule has 0 radical (unpaired) electrons. The first kappa shape index (κ1) is 24.0. The number of nitrogens with one attached hydrogen (secondary N) is 1. The molecule has 2 saturated heterocycles. The number of anilines is 1. The summed E-state index contributed by atoms with van der Waals surface area (Å²) in [5.41, 5.74) is 4.76. The number of benzene rings is 2. The maximum absolute atomic E-state index is 13.2. The van der Waals surface area contributed by atoms with Crippen LogP contribution in [0.25, 0.3) is 0 Å². The monoisotopic (exact) mass is 463 g/mol. The number of hydrogen-bond acceptors (Lipinski definition) is 4. The minimum absolute atomic E-state index is 0.0291. The standard InChI is InChI=1S/C27H33N3O4/c1-18-14-19(2)16-22(15-18)26(32)30-9-5-6-21(17-30)25(31)28-24-8-4-7-23(20(24)3)27(33)29-10-12-34-13-11-29/h4,7-8,14-16,21H,5-6,9-13,17H2,1-3H3,(H,28,31). The third-order valence-electron chi connectivity index (χ3n) is 6.67. The zero-order chi connectivity index (χ0) is 24.2. The molecule has 2 aliphatic heterocycles. The van der Waals surface area contributed by atoms with Crippen molar-refractivity contribution < 1.29 is 19.1 Å². The van der Waals surface area contributed by atoms with Crippen LogP contribution < -0.4 is 5.32 Å². The van der Waals surface area contributed by atoms with Crippen LogP contribution in [0.1, 0.15) is 50.2 Å². The predicted molar refractivity (Wildman–Crippen MR) is 131 cm³/mol. The van der Waals surface area contributed by atoms with Crippen LogP contribution in [0, 0.1) is 26.7 Å². The van der Waals surface area contributed by atoms with Crippen LogP contribution in [0.2, 0.25) is 0 Å². The van der Waals surface area contributed by atoms with Crippen molar-refractivity contribution in [1.29, 1.82) is 0 Å². The van der Waals surface area contributed by atoms with E-state index in [4.69, 9.17) is 4.74 Å². The highest BCUT2D eigenvalue weighted by molar-refractivity contribution is 6.00. The van der Waals surface area contributed by atoms with Crippen LogP contribution >= 0.6 is 0 Å². The molecule has 7 heteroatoms. The number of hydrogen-bond donors (Lipinski definition) is 1. The molecule has 3 amide bonds. The van der Waals surface area contributed by atoms with Gasteiger partial charge in [-0.1, -0.05) is 23.3 Å². The molecular weight excluding hydrogens is 430 g/mol. The van der Waals surface area contributed by atoms with Gasteiger partial charge >= 0.3 is 0 Å². The van der Waals surface area contributed by atoms with E-state index in [1.807, 2.05) is 45.0 Å². The second-order valence-electron chi connectivity index (χ2n) is 9.34. The second kappa shape index (κ2) is 10.4. The molecule has 2 heterocycles. The van der Waals surface area contributed by atoms with Crippen LogP contribution in [-0.2, 0) is 9.53 Å². The maximum Gasteiger partial charge on any atom is 0.254 e. The van der Waals surface area contributed by atoms with Crippen molar-refractivity contribution in [3.63, 3.8) is 0 Å². The second-order valence-corrected chi connectivity index (χ2v) is 9.34. The summed E-state index contributed by atoms with van der Waals surface area (Å²) in [6.45, 7) is 9.09. The number of rotatable bonds is 4. The smallest absolute Gasteiger partial charge is 0.254 e. The molecule has 2 fully saturated rings. The molecule has 34 heavy (non-hydrogen) atoms. The van der Waals surface area contributed by atoms with Crippen molar-refractivity contribution in [3.05, 3.63) is 64.2 Å². The molecular formula is C27H33N3O4. The summed E-state index contributed by atoms with van der Waals surface area (Å²) < 4.78 is 5.35. The number of piperidine rings is 1. The summed E-state index contributed by atoms with van der Waals surface area (Å²) in [5.74, 6) is -0.475. The number of ether oxygens (including phenoxy) is 1. The Morgan fingerprint density at radius 2 is 1.62 bits per heavy atom. The number of amides is 3. The molecule has 0 spiro atoms. The van der Waals surface area contributed by atoms with E-state index in [1.54, 1.807) is 21.9 Å². The van der Waals surface area contributed by atoms with Crippen LogP contribution in [0.15, 0.2) is 36.4 Å². The number of likely N-dealkylation sites (tertiary alicyclic amines) is 1. The fourth-order valence-electron chi connectivity index (χ4n) is 4.83. The number of aryl methyl sites for hydroxylation is 2. The van der Waals surface area contributed by atoms with Crippen molar-refractivity contribution >= 4 is 23.4 Å². The Hall–Kier alpha value is -3.19. The van der Waals surface area contributed by atoms with Gasteiger partial charge in [0.1, 0.15) is 0 Å². The van der Waals surface area contributed by atoms with Gasteiger partial charge in [0.05, 0.1) is 19.1 Å². The Bertz CT molecular complexity index is 1070. The minimum atomic E-state index is -0.290. The lowest BCUT2D eigenvalue weighted by Gasteiger charge is -2.32. The molecule has 4 rings (SSSR count). The van der Waals surface area contributed by atoms with Gasteiger partial charge in [-0.2, -0.15) is 0 Å². The fourth-order valence-corrected chi connectivity index (χ4v) is 4.83. The summed E-state index contributed by atoms with van der Waals surface area (Å²) in [7, 11) is 0. The van der Waals surface area contributed by atoms with Crippen LogP contribution in [0.3, 0.4) is 0 Å². The molecule has 2 aromatic rings. The van der Waals surface area contributed by atoms with Crippen molar-refractivity contribution in [2.45, 2.75) is 33.6 Å². The van der Waals surface area contributed by atoms with Crippen LogP contribution in [0.4, 0.5) is 5.69 Å². The number of carbonyl (C=O) groups is 3. The van der Waals surface area contributed by atoms with Crippen LogP contribution in [-0.4, -0.2) is 66.9 Å². The molecule has 0 saturated carbocycles. The van der Waals surface area contributed by atoms with Gasteiger partial charge < -0.3 is 19.9 Å². The molecule has 7 nitrogen and oxygen atoms in total. The molecule has 1 unspecified atom stereocenters. The van der Waals surface area contributed by atoms with E-state index < -0.39 is 0 Å². The van der Waals surface area contributed by atoms with Gasteiger partial charge in [0.15, 0.2) is 0 Å². The van der Waals surface area contributed by atoms with E-state index in [2.05, 4.69) is 5.32 Å². The molecule has 1 atom stereocenters. The lowest BCUT2D eigenvalue weighted by atomic mass is 9.95. The largest absolute Gasteiger partial charge is 0.378 e. The van der Waals surface area contributed by atoms with E-state index >= 15 is 0 Å². The Morgan fingerprint density at radius 3 is 2.32 bits per heavy atom. The third-order valence-corrected chi connectivity index (χ3v) is 6.67. The fraction of sp³-hybridized carbons (Fsp3) is 0.444. The Balaban J connectivity index is 1.44. The van der Waals surface area contributed by atoms with Crippen molar-refractivity contribution in [2.24, 2.45) is 5.92 Å². The molecule has 180 valence electrons. The minimum Gasteiger partial charge on any atom is -0.378 e. The van der Waals surface area contributed by atoms with E-state index in [9.17, 15) is 14.4 Å². The zero-order valence-electron chi connectivity index (χ0n) is 20.2. The number of carbonyl (C=O) groups excluding carboxylic acids is 3. The van der Waals surface area contributed by atoms with E-state index in [0.29, 0.717) is 56.2 Å². The van der Waals surface area contributed by atoms with Crippen LogP contribution in [0.5, 0.6) is 0 Å². The highest BCUT2D eigenvalue weighted by atomic mass is 16.5. The summed E-state index contributed by atoms with van der Waals surface area (Å²) in [5, 5.41) is 3.02. The van der Waals surface area contributed by atoms with E-state index in [0.717, 1.165) is 29.5 Å². The van der Waals surface area contributed by atoms with E-state index in [1.165, 1.54) is 0 Å². The molecule has 0 aromatic heterocycles. The number of nitrogens with zero attached hydrogens (tertiary/aromatic N) is 2. The molecule has 1 N–H and O–H groups in total. The molecule has 0 aliphatic carbocycles. The normalized spacial score (nSPS) is 18.5. The highest BCUT2D eigenvalue weighted by Crippen LogP contribution is 2.25. The average molecular weight is 464 g/mol. The predicted octanol–water partition coefficient (Wildman–Crippen LogP) is 3.58. The Kier molecular flexibility index (Phi) is 7.32. The van der Waals surface area contributed by atoms with Gasteiger partial charge in [-0.3, -0.25) is 14.4 Å². The van der Waals surface area contributed by atoms with Crippen molar-refractivity contribution in [2.75, 3.05) is 44.7 Å². The van der Waals surface area contributed by atoms with Crippen molar-refractivity contribution in [3.8, 4) is 0 Å². The van der Waals surface area contributed by atoms with Gasteiger partial charge in [-0.25, -0.2) is 0 Å². The van der Waals surface area contributed by atoms with Gasteiger partial charge in [0.25, 0.3) is 11.8 Å². The van der Waals surface area contributed by atoms with Gasteiger partial charge in [0.2, 0.25) is 5.91 Å². The Labute approximate surface area is 201 Å². The third kappa shape index (κ3) is 5.30. The highest BCUT2D eigenvalue weighted by Gasteiger charge is 2.30. The molecule has 2 aromatic carbocycles.